The van der Waals surface area contributed by atoms with E-state index < -0.39 is 0 Å². The van der Waals surface area contributed by atoms with Gasteiger partial charge in [0.2, 0.25) is 0 Å². The first-order chi connectivity index (χ1) is 11.5. The number of hydrogen-bond acceptors (Lipinski definition) is 4. The van der Waals surface area contributed by atoms with Gasteiger partial charge in [0.15, 0.2) is 0 Å². The van der Waals surface area contributed by atoms with Crippen LogP contribution in [0.4, 0.5) is 0 Å². The second-order valence-corrected chi connectivity index (χ2v) is 7.28. The van der Waals surface area contributed by atoms with Crippen LogP contribution in [0, 0.1) is 0 Å². The predicted octanol–water partition coefficient (Wildman–Crippen LogP) is 3.16. The molecule has 0 amide bonds. The third-order valence-electron chi connectivity index (χ3n) is 4.70. The van der Waals surface area contributed by atoms with Crippen LogP contribution in [0.5, 0.6) is 0 Å². The van der Waals surface area contributed by atoms with Gasteiger partial charge in [-0.25, -0.2) is 4.68 Å². The minimum absolute atomic E-state index is 0.0639. The van der Waals surface area contributed by atoms with E-state index in [1.165, 1.54) is 0 Å². The lowest BCUT2D eigenvalue weighted by atomic mass is 10.1. The minimum Gasteiger partial charge on any atom is -0.328 e. The monoisotopic (exact) mass is 367 g/mol. The summed E-state index contributed by atoms with van der Waals surface area (Å²) in [6.07, 6.45) is 5.09. The Kier molecular flexibility index (Phi) is 5.76. The van der Waals surface area contributed by atoms with Crippen LogP contribution in [0.1, 0.15) is 37.1 Å². The van der Waals surface area contributed by atoms with Gasteiger partial charge in [0.1, 0.15) is 0 Å². The van der Waals surface area contributed by atoms with E-state index in [2.05, 4.69) is 22.1 Å². The fraction of sp³-hybridized carbons (Fsp3) is 0.529. The second kappa shape index (κ2) is 7.83. The Bertz CT molecular complexity index is 679. The molecule has 1 aromatic heterocycles. The molecule has 24 heavy (non-hydrogen) atoms. The van der Waals surface area contributed by atoms with Crippen LogP contribution >= 0.6 is 23.2 Å². The van der Waals surface area contributed by atoms with Gasteiger partial charge in [0, 0.05) is 25.2 Å². The molecule has 1 unspecified atom stereocenters. The summed E-state index contributed by atoms with van der Waals surface area (Å²) in [5, 5.41) is 9.70. The molecule has 1 saturated heterocycles. The van der Waals surface area contributed by atoms with Gasteiger partial charge in [-0.05, 0) is 50.6 Å². The van der Waals surface area contributed by atoms with Crippen molar-refractivity contribution in [1.82, 2.24) is 19.9 Å². The molecule has 3 rings (SSSR count). The van der Waals surface area contributed by atoms with Gasteiger partial charge < -0.3 is 10.6 Å². The Morgan fingerprint density at radius 3 is 2.71 bits per heavy atom. The number of likely N-dealkylation sites (tertiary alicyclic amines) is 1. The van der Waals surface area contributed by atoms with Crippen molar-refractivity contribution in [2.45, 2.75) is 38.3 Å². The topological polar surface area (TPSA) is 60.0 Å². The highest BCUT2D eigenvalue weighted by molar-refractivity contribution is 6.42. The molecule has 0 bridgehead atoms. The maximum absolute atomic E-state index is 6.10. The van der Waals surface area contributed by atoms with Crippen LogP contribution < -0.4 is 5.73 Å². The minimum atomic E-state index is 0.0639. The Hall–Kier alpha value is -1.14. The summed E-state index contributed by atoms with van der Waals surface area (Å²) in [6, 6.07) is 6.10. The first-order valence-corrected chi connectivity index (χ1v) is 9.12. The number of nitrogens with two attached hydrogens (primary N) is 1. The Morgan fingerprint density at radius 2 is 2.00 bits per heavy atom. The molecule has 5 nitrogen and oxygen atoms in total. The molecule has 0 spiro atoms. The van der Waals surface area contributed by atoms with Crippen molar-refractivity contribution in [2.75, 3.05) is 19.6 Å². The fourth-order valence-corrected chi connectivity index (χ4v) is 3.30. The average Bonchev–Trinajstić information content (AvgIpc) is 3.05. The van der Waals surface area contributed by atoms with Gasteiger partial charge in [-0.15, -0.1) is 5.10 Å². The molecule has 1 fully saturated rings. The zero-order chi connectivity index (χ0) is 17.1. The van der Waals surface area contributed by atoms with Crippen LogP contribution in [0.15, 0.2) is 24.4 Å². The van der Waals surface area contributed by atoms with E-state index in [1.54, 1.807) is 0 Å². The molecule has 7 heteroatoms. The normalized spacial score (nSPS) is 18.0. The van der Waals surface area contributed by atoms with Crippen LogP contribution in [0.3, 0.4) is 0 Å². The standard InChI is InChI=1S/C17H23Cl2N5/c1-12(13-2-3-16(18)17(19)10-13)24-11-15(21-22-24)6-9-23-7-4-14(20)5-8-23/h2-3,10-12,14H,4-9,20H2,1H3. The molecular weight excluding hydrogens is 345 g/mol. The van der Waals surface area contributed by atoms with Crippen molar-refractivity contribution in [3.63, 3.8) is 0 Å². The molecule has 0 saturated carbocycles. The summed E-state index contributed by atoms with van der Waals surface area (Å²) >= 11 is 12.1. The number of piperidine rings is 1. The Balaban J connectivity index is 1.59. The lowest BCUT2D eigenvalue weighted by molar-refractivity contribution is 0.215. The first kappa shape index (κ1) is 17.7. The number of hydrogen-bond donors (Lipinski definition) is 1. The van der Waals surface area contributed by atoms with Crippen LogP contribution in [-0.2, 0) is 6.42 Å². The van der Waals surface area contributed by atoms with Crippen molar-refractivity contribution in [1.29, 1.82) is 0 Å². The lowest BCUT2D eigenvalue weighted by Crippen LogP contribution is -2.40. The van der Waals surface area contributed by atoms with Crippen molar-refractivity contribution in [3.05, 3.63) is 45.7 Å². The number of halogens is 2. The zero-order valence-corrected chi connectivity index (χ0v) is 15.3. The molecule has 130 valence electrons. The number of aromatic nitrogens is 3. The molecule has 1 aliphatic rings. The molecule has 0 aliphatic carbocycles. The largest absolute Gasteiger partial charge is 0.328 e. The predicted molar refractivity (Wildman–Crippen MR) is 97.7 cm³/mol. The van der Waals surface area contributed by atoms with Gasteiger partial charge in [-0.1, -0.05) is 34.5 Å². The van der Waals surface area contributed by atoms with E-state index in [1.807, 2.05) is 29.1 Å². The Morgan fingerprint density at radius 1 is 1.25 bits per heavy atom. The highest BCUT2D eigenvalue weighted by Gasteiger charge is 2.17. The molecule has 1 aromatic carbocycles. The first-order valence-electron chi connectivity index (χ1n) is 8.36. The molecule has 1 aliphatic heterocycles. The highest BCUT2D eigenvalue weighted by Crippen LogP contribution is 2.27. The summed E-state index contributed by atoms with van der Waals surface area (Å²) in [6.45, 7) is 5.24. The maximum atomic E-state index is 6.10. The number of nitrogens with zero attached hydrogens (tertiary/aromatic N) is 4. The summed E-state index contributed by atoms with van der Waals surface area (Å²) in [7, 11) is 0. The summed E-state index contributed by atoms with van der Waals surface area (Å²) < 4.78 is 1.88. The van der Waals surface area contributed by atoms with Crippen LogP contribution in [0.2, 0.25) is 10.0 Å². The van der Waals surface area contributed by atoms with Gasteiger partial charge in [-0.3, -0.25) is 0 Å². The third kappa shape index (κ3) is 4.28. The van der Waals surface area contributed by atoms with Crippen molar-refractivity contribution in [3.8, 4) is 0 Å². The van der Waals surface area contributed by atoms with Crippen LogP contribution in [0.25, 0.3) is 0 Å². The van der Waals surface area contributed by atoms with Gasteiger partial charge >= 0.3 is 0 Å². The van der Waals surface area contributed by atoms with Crippen LogP contribution in [-0.4, -0.2) is 45.6 Å². The van der Waals surface area contributed by atoms with E-state index in [9.17, 15) is 0 Å². The second-order valence-electron chi connectivity index (χ2n) is 6.47. The van der Waals surface area contributed by atoms with E-state index in [-0.39, 0.29) is 6.04 Å². The summed E-state index contributed by atoms with van der Waals surface area (Å²) in [5.41, 5.74) is 8.02. The van der Waals surface area contributed by atoms with E-state index in [0.717, 1.165) is 50.2 Å². The third-order valence-corrected chi connectivity index (χ3v) is 5.44. The zero-order valence-electron chi connectivity index (χ0n) is 13.8. The van der Waals surface area contributed by atoms with Crippen molar-refractivity contribution >= 4 is 23.2 Å². The molecular formula is C17H23Cl2N5. The quantitative estimate of drug-likeness (QED) is 0.881. The van der Waals surface area contributed by atoms with E-state index in [4.69, 9.17) is 28.9 Å². The van der Waals surface area contributed by atoms with E-state index >= 15 is 0 Å². The smallest absolute Gasteiger partial charge is 0.0840 e. The molecule has 2 aromatic rings. The fourth-order valence-electron chi connectivity index (χ4n) is 2.99. The SMILES string of the molecule is CC(c1ccc(Cl)c(Cl)c1)n1cc(CCN2CCC(N)CC2)nn1. The number of rotatable bonds is 5. The molecule has 1 atom stereocenters. The molecule has 2 N–H and O–H groups in total. The average molecular weight is 368 g/mol. The Labute approximate surface area is 152 Å². The lowest BCUT2D eigenvalue weighted by Gasteiger charge is -2.29. The van der Waals surface area contributed by atoms with Gasteiger partial charge in [0.05, 0.1) is 21.8 Å². The maximum Gasteiger partial charge on any atom is 0.0840 e. The summed E-state index contributed by atoms with van der Waals surface area (Å²) in [5.74, 6) is 0. The van der Waals surface area contributed by atoms with Gasteiger partial charge in [-0.2, -0.15) is 0 Å². The molecule has 2 heterocycles. The number of benzene rings is 1. The summed E-state index contributed by atoms with van der Waals surface area (Å²) in [4.78, 5) is 2.45. The molecule has 0 radical (unpaired) electrons. The van der Waals surface area contributed by atoms with Gasteiger partial charge in [0.25, 0.3) is 0 Å². The van der Waals surface area contributed by atoms with Crippen molar-refractivity contribution in [2.24, 2.45) is 5.73 Å². The highest BCUT2D eigenvalue weighted by atomic mass is 35.5. The van der Waals surface area contributed by atoms with Crippen molar-refractivity contribution < 1.29 is 0 Å². The van der Waals surface area contributed by atoms with E-state index in [0.29, 0.717) is 16.1 Å².